The standard InChI is InChI=1S/C15H22O/c1-2-6-13-9-11-15(12-10-13)16-14-7-4-3-5-8-14/h3-5,7-8,13,15H,2,6,9-12H2,1H3. The van der Waals surface area contributed by atoms with Crippen LogP contribution in [0.25, 0.3) is 0 Å². The lowest BCUT2D eigenvalue weighted by atomic mass is 9.85. The summed E-state index contributed by atoms with van der Waals surface area (Å²) in [5, 5.41) is 0. The van der Waals surface area contributed by atoms with E-state index in [1.165, 1.54) is 38.5 Å². The second-order valence-corrected chi connectivity index (χ2v) is 4.86. The molecule has 0 saturated heterocycles. The van der Waals surface area contributed by atoms with Crippen LogP contribution in [0.1, 0.15) is 45.4 Å². The first-order valence-electron chi connectivity index (χ1n) is 6.60. The summed E-state index contributed by atoms with van der Waals surface area (Å²) in [4.78, 5) is 0. The van der Waals surface area contributed by atoms with Crippen molar-refractivity contribution in [3.63, 3.8) is 0 Å². The van der Waals surface area contributed by atoms with Gasteiger partial charge in [0.1, 0.15) is 5.75 Å². The molecule has 0 aliphatic heterocycles. The van der Waals surface area contributed by atoms with Gasteiger partial charge in [-0.15, -0.1) is 0 Å². The monoisotopic (exact) mass is 218 g/mol. The van der Waals surface area contributed by atoms with Crippen LogP contribution < -0.4 is 4.74 Å². The maximum Gasteiger partial charge on any atom is 0.119 e. The van der Waals surface area contributed by atoms with Crippen molar-refractivity contribution < 1.29 is 4.74 Å². The van der Waals surface area contributed by atoms with Gasteiger partial charge < -0.3 is 4.74 Å². The van der Waals surface area contributed by atoms with E-state index in [9.17, 15) is 0 Å². The minimum atomic E-state index is 0.454. The third-order valence-corrected chi connectivity index (χ3v) is 3.54. The molecule has 1 saturated carbocycles. The molecular formula is C15H22O. The molecule has 1 nitrogen and oxygen atoms in total. The first-order valence-corrected chi connectivity index (χ1v) is 6.60. The highest BCUT2D eigenvalue weighted by molar-refractivity contribution is 5.21. The van der Waals surface area contributed by atoms with Gasteiger partial charge >= 0.3 is 0 Å². The van der Waals surface area contributed by atoms with Crippen molar-refractivity contribution in [3.05, 3.63) is 30.3 Å². The molecule has 2 rings (SSSR count). The molecular weight excluding hydrogens is 196 g/mol. The summed E-state index contributed by atoms with van der Waals surface area (Å²) in [6, 6.07) is 10.2. The van der Waals surface area contributed by atoms with E-state index in [-0.39, 0.29) is 0 Å². The SMILES string of the molecule is CCCC1CCC(Oc2ccccc2)CC1. The van der Waals surface area contributed by atoms with E-state index in [0.29, 0.717) is 6.10 Å². The van der Waals surface area contributed by atoms with Gasteiger partial charge in [-0.2, -0.15) is 0 Å². The molecule has 0 amide bonds. The molecule has 1 fully saturated rings. The minimum absolute atomic E-state index is 0.454. The highest BCUT2D eigenvalue weighted by atomic mass is 16.5. The van der Waals surface area contributed by atoms with Crippen LogP contribution in [0.2, 0.25) is 0 Å². The van der Waals surface area contributed by atoms with Crippen LogP contribution >= 0.6 is 0 Å². The van der Waals surface area contributed by atoms with Crippen LogP contribution in [0.3, 0.4) is 0 Å². The van der Waals surface area contributed by atoms with Crippen molar-refractivity contribution in [2.75, 3.05) is 0 Å². The van der Waals surface area contributed by atoms with Gasteiger partial charge in [0.15, 0.2) is 0 Å². The lowest BCUT2D eigenvalue weighted by molar-refractivity contribution is 0.128. The largest absolute Gasteiger partial charge is 0.490 e. The Morgan fingerprint density at radius 3 is 2.38 bits per heavy atom. The molecule has 0 heterocycles. The summed E-state index contributed by atoms with van der Waals surface area (Å²) >= 11 is 0. The number of hydrogen-bond acceptors (Lipinski definition) is 1. The van der Waals surface area contributed by atoms with Crippen LogP contribution in [0.4, 0.5) is 0 Å². The van der Waals surface area contributed by atoms with E-state index in [1.807, 2.05) is 18.2 Å². The van der Waals surface area contributed by atoms with Gasteiger partial charge in [-0.05, 0) is 43.7 Å². The highest BCUT2D eigenvalue weighted by Crippen LogP contribution is 2.30. The van der Waals surface area contributed by atoms with Crippen LogP contribution in [0.5, 0.6) is 5.75 Å². The summed E-state index contributed by atoms with van der Waals surface area (Å²) in [6.45, 7) is 2.28. The number of para-hydroxylation sites is 1. The topological polar surface area (TPSA) is 9.23 Å². The van der Waals surface area contributed by atoms with Gasteiger partial charge in [0.25, 0.3) is 0 Å². The molecule has 1 aliphatic carbocycles. The Kier molecular flexibility index (Phi) is 4.26. The molecule has 1 aromatic carbocycles. The molecule has 0 spiro atoms. The van der Waals surface area contributed by atoms with E-state index >= 15 is 0 Å². The number of rotatable bonds is 4. The number of benzene rings is 1. The maximum atomic E-state index is 5.98. The van der Waals surface area contributed by atoms with Gasteiger partial charge in [-0.25, -0.2) is 0 Å². The van der Waals surface area contributed by atoms with Crippen LogP contribution in [-0.2, 0) is 0 Å². The third-order valence-electron chi connectivity index (χ3n) is 3.54. The van der Waals surface area contributed by atoms with Crippen LogP contribution in [0, 0.1) is 5.92 Å². The lowest BCUT2D eigenvalue weighted by Crippen LogP contribution is -2.24. The average Bonchev–Trinajstić information content (AvgIpc) is 2.33. The van der Waals surface area contributed by atoms with Crippen molar-refractivity contribution in [2.45, 2.75) is 51.6 Å². The third kappa shape index (κ3) is 3.26. The molecule has 16 heavy (non-hydrogen) atoms. The Balaban J connectivity index is 1.77. The summed E-state index contributed by atoms with van der Waals surface area (Å²) in [5.41, 5.74) is 0. The first kappa shape index (κ1) is 11.5. The van der Waals surface area contributed by atoms with Crippen LogP contribution in [-0.4, -0.2) is 6.10 Å². The van der Waals surface area contributed by atoms with E-state index in [0.717, 1.165) is 11.7 Å². The summed E-state index contributed by atoms with van der Waals surface area (Å²) < 4.78 is 5.98. The van der Waals surface area contributed by atoms with E-state index in [4.69, 9.17) is 4.74 Å². The Bertz CT molecular complexity index is 286. The lowest BCUT2D eigenvalue weighted by Gasteiger charge is -2.28. The van der Waals surface area contributed by atoms with Gasteiger partial charge in [0.2, 0.25) is 0 Å². The zero-order valence-corrected chi connectivity index (χ0v) is 10.2. The predicted octanol–water partition coefficient (Wildman–Crippen LogP) is 4.42. The highest BCUT2D eigenvalue weighted by Gasteiger charge is 2.21. The molecule has 1 heteroatoms. The van der Waals surface area contributed by atoms with Gasteiger partial charge in [0, 0.05) is 0 Å². The van der Waals surface area contributed by atoms with E-state index in [2.05, 4.69) is 19.1 Å². The molecule has 1 aliphatic rings. The summed E-state index contributed by atoms with van der Waals surface area (Å²) in [5.74, 6) is 1.99. The Morgan fingerprint density at radius 2 is 1.75 bits per heavy atom. The number of hydrogen-bond donors (Lipinski definition) is 0. The second kappa shape index (κ2) is 5.93. The van der Waals surface area contributed by atoms with Crippen molar-refractivity contribution in [1.82, 2.24) is 0 Å². The zero-order chi connectivity index (χ0) is 11.2. The Hall–Kier alpha value is -0.980. The Morgan fingerprint density at radius 1 is 1.06 bits per heavy atom. The fourth-order valence-corrected chi connectivity index (χ4v) is 2.64. The molecule has 1 aromatic rings. The summed E-state index contributed by atoms with van der Waals surface area (Å²) in [7, 11) is 0. The summed E-state index contributed by atoms with van der Waals surface area (Å²) in [6.07, 6.45) is 8.36. The molecule has 0 aromatic heterocycles. The molecule has 0 radical (unpaired) electrons. The normalized spacial score (nSPS) is 25.3. The van der Waals surface area contributed by atoms with Crippen molar-refractivity contribution in [3.8, 4) is 5.75 Å². The van der Waals surface area contributed by atoms with Crippen molar-refractivity contribution in [1.29, 1.82) is 0 Å². The number of ether oxygens (including phenoxy) is 1. The van der Waals surface area contributed by atoms with E-state index < -0.39 is 0 Å². The first-order chi connectivity index (χ1) is 7.88. The fourth-order valence-electron chi connectivity index (χ4n) is 2.64. The maximum absolute atomic E-state index is 5.98. The van der Waals surface area contributed by atoms with Crippen molar-refractivity contribution >= 4 is 0 Å². The quantitative estimate of drug-likeness (QED) is 0.726. The average molecular weight is 218 g/mol. The van der Waals surface area contributed by atoms with Gasteiger partial charge in [-0.1, -0.05) is 38.0 Å². The second-order valence-electron chi connectivity index (χ2n) is 4.86. The smallest absolute Gasteiger partial charge is 0.119 e. The molecule has 0 atom stereocenters. The zero-order valence-electron chi connectivity index (χ0n) is 10.2. The van der Waals surface area contributed by atoms with Crippen molar-refractivity contribution in [2.24, 2.45) is 5.92 Å². The molecule has 0 unspecified atom stereocenters. The van der Waals surface area contributed by atoms with Gasteiger partial charge in [-0.3, -0.25) is 0 Å². The van der Waals surface area contributed by atoms with E-state index in [1.54, 1.807) is 0 Å². The molecule has 88 valence electrons. The van der Waals surface area contributed by atoms with Gasteiger partial charge in [0.05, 0.1) is 6.10 Å². The van der Waals surface area contributed by atoms with Crippen LogP contribution in [0.15, 0.2) is 30.3 Å². The Labute approximate surface area is 98.8 Å². The minimum Gasteiger partial charge on any atom is -0.490 e. The fraction of sp³-hybridized carbons (Fsp3) is 0.600. The predicted molar refractivity (Wildman–Crippen MR) is 67.7 cm³/mol. The molecule has 0 N–H and O–H groups in total. The molecule has 0 bridgehead atoms.